The van der Waals surface area contributed by atoms with E-state index >= 15 is 0 Å². The molecule has 84 valence electrons. The van der Waals surface area contributed by atoms with Crippen LogP contribution in [0.25, 0.3) is 10.9 Å². The van der Waals surface area contributed by atoms with Crippen LogP contribution in [0, 0.1) is 0 Å². The summed E-state index contributed by atoms with van der Waals surface area (Å²) in [5, 5.41) is 0.978. The Hall–Kier alpha value is -1.81. The standard InChI is InChI=1S/C12H14N2O2/c1-2-16-12(15)11-6-9-5-8(7-13)3-4-10(9)14-11/h3-6,14H,2,7,13H2,1H3. The normalized spacial score (nSPS) is 10.6. The summed E-state index contributed by atoms with van der Waals surface area (Å²) in [6.45, 7) is 2.66. The van der Waals surface area contributed by atoms with Gasteiger partial charge in [-0.1, -0.05) is 6.07 Å². The van der Waals surface area contributed by atoms with Crippen molar-refractivity contribution in [2.75, 3.05) is 6.61 Å². The van der Waals surface area contributed by atoms with Crippen LogP contribution in [0.1, 0.15) is 23.0 Å². The van der Waals surface area contributed by atoms with E-state index in [1.54, 1.807) is 13.0 Å². The first-order chi connectivity index (χ1) is 7.74. The topological polar surface area (TPSA) is 68.1 Å². The molecule has 0 unspecified atom stereocenters. The lowest BCUT2D eigenvalue weighted by molar-refractivity contribution is 0.0520. The van der Waals surface area contributed by atoms with Crippen LogP contribution in [0.4, 0.5) is 0 Å². The summed E-state index contributed by atoms with van der Waals surface area (Å²) in [4.78, 5) is 14.5. The van der Waals surface area contributed by atoms with Gasteiger partial charge in [0.25, 0.3) is 0 Å². The lowest BCUT2D eigenvalue weighted by Crippen LogP contribution is -2.04. The van der Waals surface area contributed by atoms with E-state index in [9.17, 15) is 4.79 Å². The van der Waals surface area contributed by atoms with Crippen LogP contribution in [0.5, 0.6) is 0 Å². The summed E-state index contributed by atoms with van der Waals surface area (Å²) in [5.74, 6) is -0.326. The highest BCUT2D eigenvalue weighted by molar-refractivity contribution is 5.94. The number of fused-ring (bicyclic) bond motifs is 1. The summed E-state index contributed by atoms with van der Waals surface area (Å²) >= 11 is 0. The van der Waals surface area contributed by atoms with Crippen molar-refractivity contribution in [2.24, 2.45) is 5.73 Å². The minimum absolute atomic E-state index is 0.326. The molecule has 0 fully saturated rings. The molecule has 0 spiro atoms. The monoisotopic (exact) mass is 218 g/mol. The van der Waals surface area contributed by atoms with Crippen molar-refractivity contribution in [3.05, 3.63) is 35.5 Å². The maximum absolute atomic E-state index is 11.5. The van der Waals surface area contributed by atoms with Gasteiger partial charge in [-0.3, -0.25) is 0 Å². The fourth-order valence-electron chi connectivity index (χ4n) is 1.63. The first-order valence-corrected chi connectivity index (χ1v) is 5.23. The van der Waals surface area contributed by atoms with Crippen LogP contribution in [-0.2, 0) is 11.3 Å². The Balaban J connectivity index is 2.39. The van der Waals surface area contributed by atoms with Crippen molar-refractivity contribution in [3.63, 3.8) is 0 Å². The number of carbonyl (C=O) groups is 1. The summed E-state index contributed by atoms with van der Waals surface area (Å²) in [7, 11) is 0. The van der Waals surface area contributed by atoms with E-state index in [4.69, 9.17) is 10.5 Å². The van der Waals surface area contributed by atoms with Gasteiger partial charge in [0.05, 0.1) is 6.61 Å². The van der Waals surface area contributed by atoms with Gasteiger partial charge in [-0.2, -0.15) is 0 Å². The first kappa shape index (κ1) is 10.7. The maximum atomic E-state index is 11.5. The fourth-order valence-corrected chi connectivity index (χ4v) is 1.63. The number of rotatable bonds is 3. The Morgan fingerprint density at radius 2 is 2.25 bits per heavy atom. The molecule has 0 aliphatic carbocycles. The summed E-state index contributed by atoms with van der Waals surface area (Å²) in [5.41, 5.74) is 7.99. The highest BCUT2D eigenvalue weighted by atomic mass is 16.5. The quantitative estimate of drug-likeness (QED) is 0.772. The summed E-state index contributed by atoms with van der Waals surface area (Å²) in [6, 6.07) is 7.61. The molecule has 0 aliphatic rings. The van der Waals surface area contributed by atoms with Gasteiger partial charge < -0.3 is 15.5 Å². The van der Waals surface area contributed by atoms with Crippen LogP contribution < -0.4 is 5.73 Å². The molecule has 0 saturated heterocycles. The lowest BCUT2D eigenvalue weighted by atomic mass is 10.1. The van der Waals surface area contributed by atoms with Gasteiger partial charge in [-0.05, 0) is 30.7 Å². The summed E-state index contributed by atoms with van der Waals surface area (Å²) < 4.78 is 4.92. The highest BCUT2D eigenvalue weighted by Gasteiger charge is 2.09. The number of aromatic nitrogens is 1. The van der Waals surface area contributed by atoms with Crippen LogP contribution in [0.2, 0.25) is 0 Å². The van der Waals surface area contributed by atoms with Crippen LogP contribution in [-0.4, -0.2) is 17.6 Å². The molecule has 0 bridgehead atoms. The molecule has 0 radical (unpaired) electrons. The highest BCUT2D eigenvalue weighted by Crippen LogP contribution is 2.17. The predicted molar refractivity (Wildman–Crippen MR) is 62.1 cm³/mol. The zero-order valence-corrected chi connectivity index (χ0v) is 9.12. The Kier molecular flexibility index (Phi) is 2.92. The van der Waals surface area contributed by atoms with Gasteiger partial charge in [0.1, 0.15) is 5.69 Å². The third-order valence-electron chi connectivity index (χ3n) is 2.42. The molecule has 1 aromatic carbocycles. The average molecular weight is 218 g/mol. The number of ether oxygens (including phenoxy) is 1. The summed E-state index contributed by atoms with van der Waals surface area (Å²) in [6.07, 6.45) is 0. The smallest absolute Gasteiger partial charge is 0.354 e. The van der Waals surface area contributed by atoms with Gasteiger partial charge in [0.15, 0.2) is 0 Å². The second-order valence-corrected chi connectivity index (χ2v) is 3.53. The maximum Gasteiger partial charge on any atom is 0.354 e. The number of esters is 1. The van der Waals surface area contributed by atoms with Crippen molar-refractivity contribution in [1.29, 1.82) is 0 Å². The Bertz CT molecular complexity index is 517. The van der Waals surface area contributed by atoms with Crippen LogP contribution in [0.3, 0.4) is 0 Å². The zero-order valence-electron chi connectivity index (χ0n) is 9.12. The number of H-pyrrole nitrogens is 1. The molecule has 2 rings (SSSR count). The van der Waals surface area contributed by atoms with Crippen molar-refractivity contribution < 1.29 is 9.53 Å². The lowest BCUT2D eigenvalue weighted by Gasteiger charge is -1.96. The number of carbonyl (C=O) groups excluding carboxylic acids is 1. The number of hydrogen-bond acceptors (Lipinski definition) is 3. The Morgan fingerprint density at radius 1 is 1.44 bits per heavy atom. The van der Waals surface area contributed by atoms with E-state index in [2.05, 4.69) is 4.98 Å². The third kappa shape index (κ3) is 1.92. The van der Waals surface area contributed by atoms with Crippen molar-refractivity contribution in [1.82, 2.24) is 4.98 Å². The van der Waals surface area contributed by atoms with E-state index in [0.29, 0.717) is 18.8 Å². The van der Waals surface area contributed by atoms with E-state index in [0.717, 1.165) is 16.5 Å². The SMILES string of the molecule is CCOC(=O)c1cc2cc(CN)ccc2[nH]1. The van der Waals surface area contributed by atoms with Crippen LogP contribution in [0.15, 0.2) is 24.3 Å². The van der Waals surface area contributed by atoms with Gasteiger partial charge in [-0.15, -0.1) is 0 Å². The minimum Gasteiger partial charge on any atom is -0.461 e. The second kappa shape index (κ2) is 4.37. The third-order valence-corrected chi connectivity index (χ3v) is 2.42. The molecule has 4 heteroatoms. The van der Waals surface area contributed by atoms with Crippen molar-refractivity contribution >= 4 is 16.9 Å². The zero-order chi connectivity index (χ0) is 11.5. The minimum atomic E-state index is -0.326. The molecule has 3 N–H and O–H groups in total. The number of benzene rings is 1. The number of nitrogens with one attached hydrogen (secondary N) is 1. The van der Waals surface area contributed by atoms with Gasteiger partial charge in [-0.25, -0.2) is 4.79 Å². The largest absolute Gasteiger partial charge is 0.461 e. The first-order valence-electron chi connectivity index (χ1n) is 5.23. The van der Waals surface area contributed by atoms with E-state index < -0.39 is 0 Å². The molecule has 0 aliphatic heterocycles. The molecular formula is C12H14N2O2. The molecule has 16 heavy (non-hydrogen) atoms. The Morgan fingerprint density at radius 3 is 2.94 bits per heavy atom. The predicted octanol–water partition coefficient (Wildman–Crippen LogP) is 1.80. The van der Waals surface area contributed by atoms with Gasteiger partial charge in [0, 0.05) is 17.4 Å². The molecule has 1 heterocycles. The second-order valence-electron chi connectivity index (χ2n) is 3.53. The number of hydrogen-bond donors (Lipinski definition) is 2. The molecule has 1 aromatic heterocycles. The van der Waals surface area contributed by atoms with Crippen molar-refractivity contribution in [3.8, 4) is 0 Å². The average Bonchev–Trinajstić information content (AvgIpc) is 2.71. The number of nitrogens with two attached hydrogens (primary N) is 1. The molecule has 0 amide bonds. The molecule has 2 aromatic rings. The van der Waals surface area contributed by atoms with E-state index in [1.807, 2.05) is 18.2 Å². The molecule has 4 nitrogen and oxygen atoms in total. The van der Waals surface area contributed by atoms with Crippen LogP contribution >= 0.6 is 0 Å². The molecule has 0 saturated carbocycles. The Labute approximate surface area is 93.4 Å². The molecule has 0 atom stereocenters. The molecular weight excluding hydrogens is 204 g/mol. The van der Waals surface area contributed by atoms with Gasteiger partial charge in [0.2, 0.25) is 0 Å². The number of aromatic amines is 1. The van der Waals surface area contributed by atoms with E-state index in [-0.39, 0.29) is 5.97 Å². The van der Waals surface area contributed by atoms with Gasteiger partial charge >= 0.3 is 5.97 Å². The van der Waals surface area contributed by atoms with E-state index in [1.165, 1.54) is 0 Å². The fraction of sp³-hybridized carbons (Fsp3) is 0.250. The van der Waals surface area contributed by atoms with Crippen molar-refractivity contribution in [2.45, 2.75) is 13.5 Å².